The van der Waals surface area contributed by atoms with E-state index in [2.05, 4.69) is 5.32 Å². The van der Waals surface area contributed by atoms with E-state index in [1.165, 1.54) is 22.8 Å². The van der Waals surface area contributed by atoms with Gasteiger partial charge in [0.2, 0.25) is 0 Å². The van der Waals surface area contributed by atoms with E-state index in [0.717, 1.165) is 17.1 Å². The van der Waals surface area contributed by atoms with Crippen molar-refractivity contribution in [3.8, 4) is 0 Å². The Hall–Kier alpha value is -1.32. The number of aromatic nitrogens is 1. The maximum atomic E-state index is 12.2. The number of hydrogen-bond acceptors (Lipinski definition) is 2. The van der Waals surface area contributed by atoms with Gasteiger partial charge in [-0.05, 0) is 0 Å². The zero-order valence-electron chi connectivity index (χ0n) is 10.6. The third-order valence-corrected chi connectivity index (χ3v) is 5.85. The van der Waals surface area contributed by atoms with Crippen LogP contribution < -0.4 is 10.9 Å². The number of benzene rings is 1. The van der Waals surface area contributed by atoms with Gasteiger partial charge in [0.05, 0.1) is 0 Å². The number of rotatable bonds is 1. The Bertz CT molecular complexity index is 653. The Labute approximate surface area is 117 Å². The molecule has 19 heavy (non-hydrogen) atoms. The van der Waals surface area contributed by atoms with Gasteiger partial charge in [-0.15, -0.1) is 0 Å². The first-order valence-corrected chi connectivity index (χ1v) is 8.30. The summed E-state index contributed by atoms with van der Waals surface area (Å²) < 4.78 is 2.38. The molecule has 0 saturated heterocycles. The van der Waals surface area contributed by atoms with Gasteiger partial charge in [-0.3, -0.25) is 0 Å². The second-order valence-electron chi connectivity index (χ2n) is 4.97. The molecule has 1 fully saturated rings. The standard InChI is InChI=1S/C14H16N2O2Se/c17-13-11-8-4-5-9-12(11)19-16(13)14(18)15-10-6-2-1-3-7-10/h4-5,8-10H,1-3,6-7H2,(H,15,18). The van der Waals surface area contributed by atoms with Gasteiger partial charge in [0, 0.05) is 0 Å². The first-order valence-electron chi connectivity index (χ1n) is 6.67. The van der Waals surface area contributed by atoms with Crippen molar-refractivity contribution >= 4 is 30.4 Å². The van der Waals surface area contributed by atoms with E-state index in [1.54, 1.807) is 6.07 Å². The van der Waals surface area contributed by atoms with Gasteiger partial charge in [-0.2, -0.15) is 0 Å². The number of nitrogens with zero attached hydrogens (tertiary/aromatic N) is 1. The van der Waals surface area contributed by atoms with E-state index in [4.69, 9.17) is 0 Å². The molecule has 2 aromatic rings. The van der Waals surface area contributed by atoms with Crippen LogP contribution in [0.15, 0.2) is 29.1 Å². The van der Waals surface area contributed by atoms with E-state index in [0.29, 0.717) is 5.39 Å². The molecule has 1 amide bonds. The Balaban J connectivity index is 1.85. The molecule has 3 rings (SSSR count). The Kier molecular flexibility index (Phi) is 3.58. The zero-order valence-corrected chi connectivity index (χ0v) is 12.3. The summed E-state index contributed by atoms with van der Waals surface area (Å²) in [7, 11) is 0. The molecule has 100 valence electrons. The molecule has 0 radical (unpaired) electrons. The van der Waals surface area contributed by atoms with Gasteiger partial charge >= 0.3 is 117 Å². The van der Waals surface area contributed by atoms with Gasteiger partial charge in [0.15, 0.2) is 0 Å². The molecule has 0 bridgehead atoms. The number of carbonyl (C=O) groups is 1. The molecule has 1 heterocycles. The zero-order chi connectivity index (χ0) is 13.2. The van der Waals surface area contributed by atoms with Crippen LogP contribution in [0.4, 0.5) is 4.79 Å². The molecule has 0 aliphatic heterocycles. The average molecular weight is 323 g/mol. The molecule has 0 spiro atoms. The molecule has 1 N–H and O–H groups in total. The van der Waals surface area contributed by atoms with Crippen LogP contribution in [0.25, 0.3) is 9.65 Å². The summed E-state index contributed by atoms with van der Waals surface area (Å²) in [5, 5.41) is 3.69. The van der Waals surface area contributed by atoms with Crippen LogP contribution >= 0.6 is 0 Å². The minimum atomic E-state index is -0.216. The average Bonchev–Trinajstić information content (AvgIpc) is 2.78. The van der Waals surface area contributed by atoms with Crippen LogP contribution in [0, 0.1) is 0 Å². The van der Waals surface area contributed by atoms with Crippen molar-refractivity contribution in [1.82, 2.24) is 8.88 Å². The predicted molar refractivity (Wildman–Crippen MR) is 76.0 cm³/mol. The number of carbonyl (C=O) groups excluding carboxylic acids is 1. The van der Waals surface area contributed by atoms with Gasteiger partial charge in [-0.25, -0.2) is 0 Å². The molecule has 0 unspecified atom stereocenters. The van der Waals surface area contributed by atoms with Crippen molar-refractivity contribution < 1.29 is 4.79 Å². The first kappa shape index (κ1) is 12.7. The molecule has 4 nitrogen and oxygen atoms in total. The normalized spacial score (nSPS) is 16.6. The molecule has 1 aliphatic carbocycles. The van der Waals surface area contributed by atoms with E-state index in [-0.39, 0.29) is 32.4 Å². The summed E-state index contributed by atoms with van der Waals surface area (Å²) in [6.07, 6.45) is 5.67. The number of nitrogens with one attached hydrogen (secondary N) is 1. The van der Waals surface area contributed by atoms with E-state index >= 15 is 0 Å². The number of hydrogen-bond donors (Lipinski definition) is 1. The van der Waals surface area contributed by atoms with E-state index in [1.807, 2.05) is 18.2 Å². The maximum absolute atomic E-state index is 12.2. The van der Waals surface area contributed by atoms with Crippen molar-refractivity contribution in [1.29, 1.82) is 0 Å². The molecule has 1 saturated carbocycles. The van der Waals surface area contributed by atoms with E-state index in [9.17, 15) is 9.59 Å². The SMILES string of the molecule is O=C(NC1CCCCC1)n1[se]c2ccccc2c1=O. The molecule has 0 atom stereocenters. The molecule has 1 aromatic carbocycles. The molecule has 1 aromatic heterocycles. The van der Waals surface area contributed by atoms with Gasteiger partial charge in [-0.1, -0.05) is 0 Å². The van der Waals surface area contributed by atoms with Gasteiger partial charge in [0.25, 0.3) is 0 Å². The third-order valence-electron chi connectivity index (χ3n) is 3.61. The predicted octanol–water partition coefficient (Wildman–Crippen LogP) is 1.95. The Morgan fingerprint density at radius 2 is 1.95 bits per heavy atom. The van der Waals surface area contributed by atoms with Gasteiger partial charge < -0.3 is 0 Å². The molecular weight excluding hydrogens is 307 g/mol. The Morgan fingerprint density at radius 3 is 2.68 bits per heavy atom. The monoisotopic (exact) mass is 324 g/mol. The van der Waals surface area contributed by atoms with Crippen molar-refractivity contribution in [3.05, 3.63) is 34.6 Å². The van der Waals surface area contributed by atoms with Crippen molar-refractivity contribution in [3.63, 3.8) is 0 Å². The van der Waals surface area contributed by atoms with Crippen LogP contribution in [0.3, 0.4) is 0 Å². The summed E-state index contributed by atoms with van der Waals surface area (Å²) in [5.41, 5.74) is -0.149. The number of fused-ring (bicyclic) bond motifs is 1. The summed E-state index contributed by atoms with van der Waals surface area (Å²) in [6.45, 7) is 0. The van der Waals surface area contributed by atoms with Crippen molar-refractivity contribution in [2.75, 3.05) is 0 Å². The van der Waals surface area contributed by atoms with Gasteiger partial charge in [0.1, 0.15) is 0 Å². The fraction of sp³-hybridized carbons (Fsp3) is 0.429. The summed E-state index contributed by atoms with van der Waals surface area (Å²) in [4.78, 5) is 24.4. The Morgan fingerprint density at radius 1 is 1.21 bits per heavy atom. The summed E-state index contributed by atoms with van der Waals surface area (Å²) in [6, 6.07) is 7.52. The fourth-order valence-electron chi connectivity index (χ4n) is 2.59. The third kappa shape index (κ3) is 2.53. The minimum absolute atomic E-state index is 0.149. The first-order chi connectivity index (χ1) is 9.25. The second-order valence-corrected chi connectivity index (χ2v) is 7.04. The van der Waals surface area contributed by atoms with Crippen molar-refractivity contribution in [2.45, 2.75) is 38.1 Å². The molecular formula is C14H16N2O2Se. The summed E-state index contributed by atoms with van der Waals surface area (Å²) >= 11 is -0.216. The fourth-order valence-corrected chi connectivity index (χ4v) is 4.49. The number of amides is 1. The van der Waals surface area contributed by atoms with Crippen LogP contribution in [0.2, 0.25) is 0 Å². The molecule has 5 heteroatoms. The van der Waals surface area contributed by atoms with Crippen molar-refractivity contribution in [2.24, 2.45) is 0 Å². The summed E-state index contributed by atoms with van der Waals surface area (Å²) in [5.74, 6) is 0. The topological polar surface area (TPSA) is 51.1 Å². The quantitative estimate of drug-likeness (QED) is 0.816. The van der Waals surface area contributed by atoms with Crippen LogP contribution in [0.5, 0.6) is 0 Å². The van der Waals surface area contributed by atoms with E-state index < -0.39 is 0 Å². The second kappa shape index (κ2) is 5.35. The molecule has 1 aliphatic rings. The van der Waals surface area contributed by atoms with Crippen LogP contribution in [-0.4, -0.2) is 30.4 Å². The van der Waals surface area contributed by atoms with Crippen LogP contribution in [0.1, 0.15) is 32.1 Å². The van der Waals surface area contributed by atoms with Crippen LogP contribution in [-0.2, 0) is 0 Å².